The van der Waals surface area contributed by atoms with Crippen LogP contribution in [0.1, 0.15) is 32.7 Å². The molecule has 0 atom stereocenters. The van der Waals surface area contributed by atoms with E-state index < -0.39 is 0 Å². The number of hydrogen-bond donors (Lipinski definition) is 1. The summed E-state index contributed by atoms with van der Waals surface area (Å²) >= 11 is 0. The standard InChI is InChI=1S/C18H15NO3/c20-11-10-14(12-13-6-2-1-3-7-13)19-17(21)15-8-4-5-9-16(15)18(19)22/h1-9,12,20H,10-11H2/b14-12+. The molecule has 2 aromatic carbocycles. The van der Waals surface area contributed by atoms with Gasteiger partial charge in [-0.1, -0.05) is 42.5 Å². The minimum atomic E-state index is -0.337. The Morgan fingerprint density at radius 3 is 2.00 bits per heavy atom. The maximum Gasteiger partial charge on any atom is 0.265 e. The average Bonchev–Trinajstić information content (AvgIpc) is 2.80. The summed E-state index contributed by atoms with van der Waals surface area (Å²) in [6.07, 6.45) is 2.00. The number of benzene rings is 2. The zero-order valence-electron chi connectivity index (χ0n) is 11.9. The van der Waals surface area contributed by atoms with Gasteiger partial charge in [-0.2, -0.15) is 0 Å². The topological polar surface area (TPSA) is 57.6 Å². The Balaban J connectivity index is 2.02. The number of rotatable bonds is 4. The van der Waals surface area contributed by atoms with Gasteiger partial charge in [-0.15, -0.1) is 0 Å². The molecule has 0 bridgehead atoms. The van der Waals surface area contributed by atoms with Crippen LogP contribution in [-0.4, -0.2) is 28.4 Å². The third-order valence-corrected chi connectivity index (χ3v) is 3.58. The lowest BCUT2D eigenvalue weighted by Gasteiger charge is -2.17. The number of amides is 2. The van der Waals surface area contributed by atoms with Crippen LogP contribution in [0.3, 0.4) is 0 Å². The van der Waals surface area contributed by atoms with Gasteiger partial charge in [-0.3, -0.25) is 9.59 Å². The van der Waals surface area contributed by atoms with Crippen LogP contribution < -0.4 is 0 Å². The first-order valence-electron chi connectivity index (χ1n) is 7.06. The molecule has 1 aliphatic rings. The van der Waals surface area contributed by atoms with Gasteiger partial charge < -0.3 is 5.11 Å². The van der Waals surface area contributed by atoms with Crippen molar-refractivity contribution in [3.05, 3.63) is 77.0 Å². The fourth-order valence-electron chi connectivity index (χ4n) is 2.55. The molecule has 0 spiro atoms. The summed E-state index contributed by atoms with van der Waals surface area (Å²) in [7, 11) is 0. The Bertz CT molecular complexity index is 715. The van der Waals surface area contributed by atoms with Crippen LogP contribution in [0.2, 0.25) is 0 Å². The summed E-state index contributed by atoms with van der Waals surface area (Å²) < 4.78 is 0. The highest BCUT2D eigenvalue weighted by Gasteiger charge is 2.37. The van der Waals surface area contributed by atoms with E-state index in [1.807, 2.05) is 30.3 Å². The maximum absolute atomic E-state index is 12.5. The average molecular weight is 293 g/mol. The molecular formula is C18H15NO3. The van der Waals surface area contributed by atoms with Gasteiger partial charge in [0, 0.05) is 18.7 Å². The molecule has 0 saturated carbocycles. The van der Waals surface area contributed by atoms with Crippen molar-refractivity contribution in [3.8, 4) is 0 Å². The quantitative estimate of drug-likeness (QED) is 0.882. The van der Waals surface area contributed by atoms with E-state index in [4.69, 9.17) is 0 Å². The number of aliphatic hydroxyl groups excluding tert-OH is 1. The Labute approximate surface area is 128 Å². The molecule has 0 fully saturated rings. The summed E-state index contributed by atoms with van der Waals surface area (Å²) in [6.45, 7) is -0.133. The summed E-state index contributed by atoms with van der Waals surface area (Å²) in [5, 5.41) is 9.27. The second kappa shape index (κ2) is 5.95. The first kappa shape index (κ1) is 14.2. The SMILES string of the molecule is O=C1c2ccccc2C(=O)N1/C(=C/c1ccccc1)CCO. The fraction of sp³-hybridized carbons (Fsp3) is 0.111. The molecule has 110 valence electrons. The molecule has 3 rings (SSSR count). The molecule has 2 aromatic rings. The van der Waals surface area contributed by atoms with Gasteiger partial charge in [0.25, 0.3) is 11.8 Å². The summed E-state index contributed by atoms with van der Waals surface area (Å²) in [5.74, 6) is -0.674. The van der Waals surface area contributed by atoms with Gasteiger partial charge in [0.1, 0.15) is 0 Å². The van der Waals surface area contributed by atoms with E-state index >= 15 is 0 Å². The van der Waals surface area contributed by atoms with Crippen LogP contribution in [0.15, 0.2) is 60.3 Å². The summed E-state index contributed by atoms with van der Waals surface area (Å²) in [6, 6.07) is 16.2. The van der Waals surface area contributed by atoms with Crippen molar-refractivity contribution >= 4 is 17.9 Å². The molecule has 1 heterocycles. The Morgan fingerprint density at radius 1 is 0.909 bits per heavy atom. The number of nitrogens with zero attached hydrogens (tertiary/aromatic N) is 1. The molecule has 4 nitrogen and oxygen atoms in total. The second-order valence-corrected chi connectivity index (χ2v) is 5.01. The van der Waals surface area contributed by atoms with Crippen molar-refractivity contribution in [2.75, 3.05) is 6.61 Å². The Hall–Kier alpha value is -2.72. The number of carbonyl (C=O) groups is 2. The lowest BCUT2D eigenvalue weighted by Crippen LogP contribution is -2.29. The van der Waals surface area contributed by atoms with Gasteiger partial charge in [-0.25, -0.2) is 4.90 Å². The van der Waals surface area contributed by atoms with Gasteiger partial charge in [-0.05, 0) is 23.8 Å². The predicted octanol–water partition coefficient (Wildman–Crippen LogP) is 2.71. The zero-order chi connectivity index (χ0) is 15.5. The van der Waals surface area contributed by atoms with E-state index in [-0.39, 0.29) is 24.8 Å². The number of aliphatic hydroxyl groups is 1. The number of fused-ring (bicyclic) bond motifs is 1. The van der Waals surface area contributed by atoms with Crippen LogP contribution >= 0.6 is 0 Å². The van der Waals surface area contributed by atoms with Crippen LogP contribution in [0.25, 0.3) is 6.08 Å². The molecule has 2 amide bonds. The molecule has 0 unspecified atom stereocenters. The van der Waals surface area contributed by atoms with Crippen molar-refractivity contribution in [1.29, 1.82) is 0 Å². The molecule has 0 aromatic heterocycles. The lowest BCUT2D eigenvalue weighted by molar-refractivity contribution is 0.0697. The van der Waals surface area contributed by atoms with E-state index in [1.165, 1.54) is 0 Å². The van der Waals surface area contributed by atoms with Crippen molar-refractivity contribution in [2.45, 2.75) is 6.42 Å². The Morgan fingerprint density at radius 2 is 1.45 bits per heavy atom. The highest BCUT2D eigenvalue weighted by molar-refractivity contribution is 6.22. The molecule has 0 radical (unpaired) electrons. The van der Waals surface area contributed by atoms with Gasteiger partial charge >= 0.3 is 0 Å². The molecule has 0 saturated heterocycles. The van der Waals surface area contributed by atoms with Gasteiger partial charge in [0.15, 0.2) is 0 Å². The van der Waals surface area contributed by atoms with Crippen LogP contribution in [0, 0.1) is 0 Å². The minimum Gasteiger partial charge on any atom is -0.396 e. The first-order chi connectivity index (χ1) is 10.7. The number of hydrogen-bond acceptors (Lipinski definition) is 3. The zero-order valence-corrected chi connectivity index (χ0v) is 11.9. The molecule has 1 N–H and O–H groups in total. The van der Waals surface area contributed by atoms with E-state index in [1.54, 1.807) is 30.3 Å². The van der Waals surface area contributed by atoms with E-state index in [0.717, 1.165) is 10.5 Å². The largest absolute Gasteiger partial charge is 0.396 e. The number of imide groups is 1. The molecule has 0 aliphatic carbocycles. The third-order valence-electron chi connectivity index (χ3n) is 3.58. The van der Waals surface area contributed by atoms with Gasteiger partial charge in [0.05, 0.1) is 11.1 Å². The minimum absolute atomic E-state index is 0.133. The second-order valence-electron chi connectivity index (χ2n) is 5.01. The monoisotopic (exact) mass is 293 g/mol. The summed E-state index contributed by atoms with van der Waals surface area (Å²) in [4.78, 5) is 26.2. The van der Waals surface area contributed by atoms with Crippen molar-refractivity contribution < 1.29 is 14.7 Å². The number of carbonyl (C=O) groups excluding carboxylic acids is 2. The summed E-state index contributed by atoms with van der Waals surface area (Å²) in [5.41, 5.74) is 2.19. The first-order valence-corrected chi connectivity index (χ1v) is 7.06. The Kier molecular flexibility index (Phi) is 3.85. The van der Waals surface area contributed by atoms with E-state index in [9.17, 15) is 14.7 Å². The molecule has 1 aliphatic heterocycles. The highest BCUT2D eigenvalue weighted by Crippen LogP contribution is 2.28. The van der Waals surface area contributed by atoms with Crippen LogP contribution in [0.4, 0.5) is 0 Å². The van der Waals surface area contributed by atoms with Crippen molar-refractivity contribution in [1.82, 2.24) is 4.90 Å². The predicted molar refractivity (Wildman–Crippen MR) is 83.1 cm³/mol. The normalized spacial score (nSPS) is 14.4. The molecule has 22 heavy (non-hydrogen) atoms. The lowest BCUT2D eigenvalue weighted by atomic mass is 10.1. The van der Waals surface area contributed by atoms with E-state index in [0.29, 0.717) is 16.8 Å². The molecule has 4 heteroatoms. The fourth-order valence-corrected chi connectivity index (χ4v) is 2.55. The van der Waals surface area contributed by atoms with E-state index in [2.05, 4.69) is 0 Å². The highest BCUT2D eigenvalue weighted by atomic mass is 16.3. The van der Waals surface area contributed by atoms with Gasteiger partial charge in [0.2, 0.25) is 0 Å². The molecular weight excluding hydrogens is 278 g/mol. The maximum atomic E-state index is 12.5. The van der Waals surface area contributed by atoms with Crippen molar-refractivity contribution in [2.24, 2.45) is 0 Å². The smallest absolute Gasteiger partial charge is 0.265 e. The van der Waals surface area contributed by atoms with Crippen LogP contribution in [-0.2, 0) is 0 Å². The van der Waals surface area contributed by atoms with Crippen LogP contribution in [0.5, 0.6) is 0 Å². The third kappa shape index (κ3) is 2.44. The van der Waals surface area contributed by atoms with Crippen molar-refractivity contribution in [3.63, 3.8) is 0 Å².